The fraction of sp³-hybridized carbons (Fsp3) is 0.0952. The van der Waals surface area contributed by atoms with Crippen molar-refractivity contribution in [1.29, 1.82) is 5.41 Å². The van der Waals surface area contributed by atoms with Crippen molar-refractivity contribution >= 4 is 66.5 Å². The number of nitrogens with zero attached hydrogens (tertiary/aromatic N) is 3. The molecule has 13 heteroatoms. The molecule has 0 unspecified atom stereocenters. The Labute approximate surface area is 203 Å². The van der Waals surface area contributed by atoms with Crippen LogP contribution in [0.25, 0.3) is 6.08 Å². The second kappa shape index (κ2) is 9.05. The van der Waals surface area contributed by atoms with Crippen LogP contribution < -0.4 is 9.47 Å². The molecule has 0 saturated heterocycles. The van der Waals surface area contributed by atoms with Gasteiger partial charge in [-0.05, 0) is 47.7 Å². The summed E-state index contributed by atoms with van der Waals surface area (Å²) in [6, 6.07) is 11.2. The van der Waals surface area contributed by atoms with Crippen molar-refractivity contribution in [3.8, 4) is 11.5 Å². The average Bonchev–Trinajstić information content (AvgIpc) is 3.23. The van der Waals surface area contributed by atoms with Crippen LogP contribution in [0.2, 0.25) is 5.02 Å². The lowest BCUT2D eigenvalue weighted by molar-refractivity contribution is -0.114. The van der Waals surface area contributed by atoms with E-state index in [9.17, 15) is 18.0 Å². The number of methoxy groups -OCH3 is 1. The van der Waals surface area contributed by atoms with Gasteiger partial charge in [-0.1, -0.05) is 29.8 Å². The predicted molar refractivity (Wildman–Crippen MR) is 129 cm³/mol. The topological polar surface area (TPSA) is 139 Å². The van der Waals surface area contributed by atoms with Gasteiger partial charge in [-0.25, -0.2) is 13.2 Å². The number of amides is 1. The van der Waals surface area contributed by atoms with Gasteiger partial charge in [0.1, 0.15) is 0 Å². The fourth-order valence-electron chi connectivity index (χ4n) is 2.94. The highest BCUT2D eigenvalue weighted by Gasteiger charge is 2.38. The van der Waals surface area contributed by atoms with Crippen LogP contribution >= 0.6 is 23.4 Å². The Morgan fingerprint density at radius 3 is 2.59 bits per heavy atom. The third kappa shape index (κ3) is 4.60. The molecule has 2 heterocycles. The van der Waals surface area contributed by atoms with Crippen molar-refractivity contribution in [2.45, 2.75) is 0 Å². The van der Waals surface area contributed by atoms with Gasteiger partial charge in [0.2, 0.25) is 19.4 Å². The largest absolute Gasteiger partial charge is 0.493 e. The zero-order valence-corrected chi connectivity index (χ0v) is 20.0. The molecule has 0 fully saturated rings. The van der Waals surface area contributed by atoms with E-state index in [4.69, 9.17) is 26.5 Å². The summed E-state index contributed by atoms with van der Waals surface area (Å²) in [6.45, 7) is 0. The van der Waals surface area contributed by atoms with Crippen LogP contribution in [0, 0.1) is 5.41 Å². The van der Waals surface area contributed by atoms with Gasteiger partial charge in [-0.3, -0.25) is 10.2 Å². The summed E-state index contributed by atoms with van der Waals surface area (Å²) in [6.07, 6.45) is 2.31. The first-order chi connectivity index (χ1) is 16.1. The molecule has 0 aromatic heterocycles. The lowest BCUT2D eigenvalue weighted by atomic mass is 10.1. The molecular formula is C21H15ClN4O6S2. The number of carbonyl (C=O) groups excluding carboxylic acids is 2. The first-order valence-electron chi connectivity index (χ1n) is 9.43. The van der Waals surface area contributed by atoms with Crippen LogP contribution in [-0.2, 0) is 14.6 Å². The molecule has 1 amide bonds. The standard InChI is InChI=1S/C21H15ClN4O6S2/c1-31-15-10-11(9-14(22)16(15)32-19(28)12-6-4-3-5-7-12)8-13-17(23)26-20(24-18(13)27)33-21(25-26)34(2,29)30/h3-10,23H,1-2H3/b13-8+,23-17?. The number of hydrogen-bond acceptors (Lipinski definition) is 9. The number of fused-ring (bicyclic) bond motifs is 1. The highest BCUT2D eigenvalue weighted by Crippen LogP contribution is 2.38. The first-order valence-corrected chi connectivity index (χ1v) is 12.5. The van der Waals surface area contributed by atoms with Crippen molar-refractivity contribution in [3.05, 3.63) is 64.2 Å². The van der Waals surface area contributed by atoms with Crippen molar-refractivity contribution in [1.82, 2.24) is 5.01 Å². The molecule has 0 aliphatic carbocycles. The molecule has 4 rings (SSSR count). The van der Waals surface area contributed by atoms with E-state index < -0.39 is 21.7 Å². The fourth-order valence-corrected chi connectivity index (χ4v) is 4.88. The van der Waals surface area contributed by atoms with Gasteiger partial charge in [0.25, 0.3) is 5.91 Å². The number of sulfone groups is 1. The van der Waals surface area contributed by atoms with Crippen LogP contribution in [0.1, 0.15) is 15.9 Å². The molecule has 0 radical (unpaired) electrons. The van der Waals surface area contributed by atoms with E-state index >= 15 is 0 Å². The molecule has 10 nitrogen and oxygen atoms in total. The van der Waals surface area contributed by atoms with Gasteiger partial charge in [0.05, 0.1) is 23.3 Å². The number of nitrogens with one attached hydrogen (secondary N) is 1. The van der Waals surface area contributed by atoms with Gasteiger partial charge in [0, 0.05) is 6.26 Å². The van der Waals surface area contributed by atoms with Crippen LogP contribution in [0.15, 0.2) is 58.1 Å². The zero-order valence-electron chi connectivity index (χ0n) is 17.6. The van der Waals surface area contributed by atoms with E-state index in [2.05, 4.69) is 10.1 Å². The Kier molecular flexibility index (Phi) is 6.30. The third-order valence-corrected chi connectivity index (χ3v) is 7.38. The quantitative estimate of drug-likeness (QED) is 0.370. The van der Waals surface area contributed by atoms with Gasteiger partial charge in [0.15, 0.2) is 17.3 Å². The van der Waals surface area contributed by atoms with E-state index in [1.807, 2.05) is 0 Å². The minimum atomic E-state index is -3.64. The summed E-state index contributed by atoms with van der Waals surface area (Å²) in [4.78, 5) is 28.8. The van der Waals surface area contributed by atoms with Crippen LogP contribution in [0.5, 0.6) is 11.5 Å². The molecule has 174 valence electrons. The van der Waals surface area contributed by atoms with Crippen LogP contribution in [-0.4, -0.2) is 54.0 Å². The number of halogens is 1. The molecule has 0 spiro atoms. The molecule has 0 bridgehead atoms. The number of carbonyl (C=O) groups is 2. The predicted octanol–water partition coefficient (Wildman–Crippen LogP) is 3.19. The molecule has 0 atom stereocenters. The Hall–Kier alpha value is -3.48. The maximum absolute atomic E-state index is 12.5. The van der Waals surface area contributed by atoms with Gasteiger partial charge in [-0.2, -0.15) is 10.0 Å². The van der Waals surface area contributed by atoms with Crippen molar-refractivity contribution in [2.24, 2.45) is 10.1 Å². The summed E-state index contributed by atoms with van der Waals surface area (Å²) < 4.78 is 34.0. The molecule has 34 heavy (non-hydrogen) atoms. The lowest BCUT2D eigenvalue weighted by Crippen LogP contribution is -2.35. The minimum absolute atomic E-state index is 0.0103. The summed E-state index contributed by atoms with van der Waals surface area (Å²) in [7, 11) is -2.28. The molecular weight excluding hydrogens is 504 g/mol. The first kappa shape index (κ1) is 23.7. The summed E-state index contributed by atoms with van der Waals surface area (Å²) in [5, 5.41) is 13.2. The number of benzene rings is 2. The second-order valence-electron chi connectivity index (χ2n) is 6.95. The van der Waals surface area contributed by atoms with Crippen LogP contribution in [0.4, 0.5) is 0 Å². The second-order valence-corrected chi connectivity index (χ2v) is 10.5. The number of rotatable bonds is 4. The average molecular weight is 519 g/mol. The van der Waals surface area contributed by atoms with E-state index in [1.54, 1.807) is 30.3 Å². The minimum Gasteiger partial charge on any atom is -0.493 e. The number of hydrazone groups is 1. The molecule has 2 aromatic carbocycles. The Bertz CT molecular complexity index is 1430. The molecule has 2 aromatic rings. The Morgan fingerprint density at radius 2 is 1.94 bits per heavy atom. The van der Waals surface area contributed by atoms with Gasteiger partial charge in [-0.15, -0.1) is 5.10 Å². The maximum Gasteiger partial charge on any atom is 0.343 e. The number of ether oxygens (including phenoxy) is 2. The van der Waals surface area contributed by atoms with E-state index in [0.717, 1.165) is 11.3 Å². The van der Waals surface area contributed by atoms with E-state index in [1.165, 1.54) is 25.3 Å². The van der Waals surface area contributed by atoms with Crippen molar-refractivity contribution in [3.63, 3.8) is 0 Å². The Morgan fingerprint density at radius 1 is 1.24 bits per heavy atom. The summed E-state index contributed by atoms with van der Waals surface area (Å²) in [5.74, 6) is -1.62. The van der Waals surface area contributed by atoms with E-state index in [-0.39, 0.29) is 37.5 Å². The molecule has 1 N–H and O–H groups in total. The monoisotopic (exact) mass is 518 g/mol. The van der Waals surface area contributed by atoms with Gasteiger partial charge < -0.3 is 9.47 Å². The van der Waals surface area contributed by atoms with Crippen molar-refractivity contribution in [2.75, 3.05) is 13.4 Å². The van der Waals surface area contributed by atoms with Crippen LogP contribution in [0.3, 0.4) is 0 Å². The Balaban J connectivity index is 1.67. The smallest absolute Gasteiger partial charge is 0.343 e. The molecule has 0 saturated carbocycles. The van der Waals surface area contributed by atoms with E-state index in [0.29, 0.717) is 22.9 Å². The highest BCUT2D eigenvalue weighted by molar-refractivity contribution is 8.42. The normalized spacial score (nSPS) is 16.8. The van der Waals surface area contributed by atoms with Crippen molar-refractivity contribution < 1.29 is 27.5 Å². The number of amidine groups is 2. The maximum atomic E-state index is 12.5. The third-order valence-electron chi connectivity index (χ3n) is 4.52. The molecule has 2 aliphatic rings. The number of hydrogen-bond donors (Lipinski definition) is 1. The zero-order chi connectivity index (χ0) is 24.6. The SMILES string of the molecule is COc1cc(/C=C2\C(=N)N3N=C(S(C)(=O)=O)SC3=NC2=O)cc(Cl)c1OC(=O)c1ccccc1. The molecule has 2 aliphatic heterocycles. The lowest BCUT2D eigenvalue weighted by Gasteiger charge is -2.20. The number of esters is 1. The highest BCUT2D eigenvalue weighted by atomic mass is 35.5. The summed E-state index contributed by atoms with van der Waals surface area (Å²) in [5.41, 5.74) is 0.529. The summed E-state index contributed by atoms with van der Waals surface area (Å²) >= 11 is 7.03. The van der Waals surface area contributed by atoms with Gasteiger partial charge >= 0.3 is 5.97 Å². The number of aliphatic imine (C=N–C) groups is 1. The number of thioether (sulfide) groups is 1.